The summed E-state index contributed by atoms with van der Waals surface area (Å²) in [5, 5.41) is 11.6. The van der Waals surface area contributed by atoms with E-state index in [1.165, 1.54) is 0 Å². The summed E-state index contributed by atoms with van der Waals surface area (Å²) in [5.41, 5.74) is 6.20. The molecule has 0 amide bonds. The average molecular weight is 303 g/mol. The van der Waals surface area contributed by atoms with E-state index in [-0.39, 0.29) is 12.6 Å². The van der Waals surface area contributed by atoms with Crippen LogP contribution in [0.15, 0.2) is 41.4 Å². The van der Waals surface area contributed by atoms with Gasteiger partial charge in [-0.15, -0.1) is 0 Å². The molecule has 21 heavy (non-hydrogen) atoms. The van der Waals surface area contributed by atoms with E-state index in [0.29, 0.717) is 33.3 Å². The lowest BCUT2D eigenvalue weighted by Crippen LogP contribution is -2.39. The molecule has 0 aliphatic carbocycles. The van der Waals surface area contributed by atoms with Crippen LogP contribution in [0.2, 0.25) is 5.02 Å². The number of hydrogen-bond donors (Lipinski definition) is 2. The van der Waals surface area contributed by atoms with Crippen LogP contribution in [0.4, 0.5) is 5.69 Å². The zero-order chi connectivity index (χ0) is 14.6. The van der Waals surface area contributed by atoms with Crippen molar-refractivity contribution in [3.05, 3.63) is 52.5 Å². The third-order valence-corrected chi connectivity index (χ3v) is 3.99. The van der Waals surface area contributed by atoms with Crippen LogP contribution in [0.5, 0.6) is 11.5 Å². The van der Waals surface area contributed by atoms with E-state index in [2.05, 4.69) is 4.99 Å². The van der Waals surface area contributed by atoms with Crippen molar-refractivity contribution in [3.63, 3.8) is 0 Å². The first-order chi connectivity index (χ1) is 10.1. The molecule has 106 valence electrons. The molecule has 6 heteroatoms. The summed E-state index contributed by atoms with van der Waals surface area (Å²) in [5.74, 6) is 1.32. The van der Waals surface area contributed by atoms with Crippen molar-refractivity contribution in [2.24, 2.45) is 10.7 Å². The van der Waals surface area contributed by atoms with Gasteiger partial charge in [0.05, 0.1) is 5.69 Å². The normalized spacial score (nSPS) is 22.1. The van der Waals surface area contributed by atoms with Crippen molar-refractivity contribution in [1.29, 1.82) is 0 Å². The van der Waals surface area contributed by atoms with E-state index in [9.17, 15) is 5.11 Å². The Hall–Kier alpha value is -2.24. The Balaban J connectivity index is 1.92. The molecule has 2 heterocycles. The fraction of sp³-hybridized carbons (Fsp3) is 0.133. The molecule has 5 nitrogen and oxygen atoms in total. The Bertz CT molecular complexity index is 790. The Morgan fingerprint density at radius 2 is 1.95 bits per heavy atom. The lowest BCUT2D eigenvalue weighted by molar-refractivity contribution is 0.157. The predicted molar refractivity (Wildman–Crippen MR) is 78.3 cm³/mol. The van der Waals surface area contributed by atoms with Crippen LogP contribution in [0, 0.1) is 0 Å². The van der Waals surface area contributed by atoms with E-state index < -0.39 is 5.60 Å². The molecule has 1 atom stereocenters. The minimum absolute atomic E-state index is 0.110. The molecule has 1 unspecified atom stereocenters. The zero-order valence-electron chi connectivity index (χ0n) is 10.8. The van der Waals surface area contributed by atoms with Crippen LogP contribution < -0.4 is 15.2 Å². The lowest BCUT2D eigenvalue weighted by atomic mass is 9.86. The Kier molecular flexibility index (Phi) is 2.46. The Morgan fingerprint density at radius 1 is 1.14 bits per heavy atom. The monoisotopic (exact) mass is 302 g/mol. The van der Waals surface area contributed by atoms with Crippen molar-refractivity contribution < 1.29 is 14.6 Å². The molecule has 0 bridgehead atoms. The number of nitrogens with two attached hydrogens (primary N) is 1. The van der Waals surface area contributed by atoms with Gasteiger partial charge in [-0.3, -0.25) is 0 Å². The molecule has 4 rings (SSSR count). The first kappa shape index (κ1) is 12.5. The molecule has 0 aromatic heterocycles. The maximum atomic E-state index is 11.1. The van der Waals surface area contributed by atoms with Crippen molar-refractivity contribution in [2.75, 3.05) is 6.79 Å². The molecule has 2 aromatic rings. The molecular weight excluding hydrogens is 292 g/mol. The van der Waals surface area contributed by atoms with Gasteiger partial charge >= 0.3 is 0 Å². The maximum absolute atomic E-state index is 11.1. The quantitative estimate of drug-likeness (QED) is 0.847. The largest absolute Gasteiger partial charge is 0.454 e. The lowest BCUT2D eigenvalue weighted by Gasteiger charge is -2.25. The number of rotatable bonds is 1. The van der Waals surface area contributed by atoms with Gasteiger partial charge < -0.3 is 20.3 Å². The smallest absolute Gasteiger partial charge is 0.231 e. The standard InChI is InChI=1S/C15H11ClN2O3/c16-9-2-3-11-10(6-9)15(19,14(17)18-11)8-1-4-12-13(5-8)21-7-20-12/h1-6,19H,7H2,(H2,17,18). The number of aliphatic imine (C=N–C) groups is 1. The van der Waals surface area contributed by atoms with Crippen LogP contribution in [-0.2, 0) is 5.60 Å². The van der Waals surface area contributed by atoms with Gasteiger partial charge in [0.25, 0.3) is 0 Å². The summed E-state index contributed by atoms with van der Waals surface area (Å²) in [4.78, 5) is 4.23. The van der Waals surface area contributed by atoms with Crippen molar-refractivity contribution in [1.82, 2.24) is 0 Å². The van der Waals surface area contributed by atoms with Crippen LogP contribution in [0.1, 0.15) is 11.1 Å². The molecule has 2 aliphatic heterocycles. The molecule has 0 fully saturated rings. The maximum Gasteiger partial charge on any atom is 0.231 e. The van der Waals surface area contributed by atoms with Crippen LogP contribution >= 0.6 is 11.6 Å². The fourth-order valence-corrected chi connectivity index (χ4v) is 2.84. The molecule has 0 radical (unpaired) electrons. The van der Waals surface area contributed by atoms with Gasteiger partial charge in [0.1, 0.15) is 5.84 Å². The van der Waals surface area contributed by atoms with E-state index in [4.69, 9.17) is 26.8 Å². The second-order valence-electron chi connectivity index (χ2n) is 4.94. The second kappa shape index (κ2) is 4.13. The highest BCUT2D eigenvalue weighted by Crippen LogP contribution is 2.45. The van der Waals surface area contributed by atoms with Gasteiger partial charge in [-0.25, -0.2) is 4.99 Å². The molecule has 0 saturated heterocycles. The topological polar surface area (TPSA) is 77.1 Å². The number of aliphatic hydroxyl groups is 1. The molecule has 3 N–H and O–H groups in total. The Morgan fingerprint density at radius 3 is 2.81 bits per heavy atom. The number of halogens is 1. The summed E-state index contributed by atoms with van der Waals surface area (Å²) in [6.45, 7) is 0.170. The number of amidine groups is 1. The fourth-order valence-electron chi connectivity index (χ4n) is 2.67. The van der Waals surface area contributed by atoms with Crippen LogP contribution in [-0.4, -0.2) is 17.7 Å². The second-order valence-corrected chi connectivity index (χ2v) is 5.37. The van der Waals surface area contributed by atoms with E-state index in [1.807, 2.05) is 0 Å². The minimum Gasteiger partial charge on any atom is -0.454 e. The van der Waals surface area contributed by atoms with Crippen LogP contribution in [0.3, 0.4) is 0 Å². The van der Waals surface area contributed by atoms with E-state index in [0.717, 1.165) is 0 Å². The minimum atomic E-state index is -1.51. The SMILES string of the molecule is NC1=Nc2ccc(Cl)cc2C1(O)c1ccc2c(c1)OCO2. The highest BCUT2D eigenvalue weighted by atomic mass is 35.5. The summed E-state index contributed by atoms with van der Waals surface area (Å²) in [6.07, 6.45) is 0. The van der Waals surface area contributed by atoms with Crippen LogP contribution in [0.25, 0.3) is 0 Å². The summed E-state index contributed by atoms with van der Waals surface area (Å²) in [6, 6.07) is 10.3. The highest BCUT2D eigenvalue weighted by molar-refractivity contribution is 6.30. The number of nitrogens with zero attached hydrogens (tertiary/aromatic N) is 1. The van der Waals surface area contributed by atoms with Gasteiger partial charge in [-0.2, -0.15) is 0 Å². The van der Waals surface area contributed by atoms with Gasteiger partial charge in [0, 0.05) is 10.6 Å². The van der Waals surface area contributed by atoms with Crippen molar-refractivity contribution in [2.45, 2.75) is 5.60 Å². The van der Waals surface area contributed by atoms with Gasteiger partial charge in [0.2, 0.25) is 6.79 Å². The van der Waals surface area contributed by atoms with Crippen molar-refractivity contribution >= 4 is 23.1 Å². The van der Waals surface area contributed by atoms with E-state index >= 15 is 0 Å². The molecule has 0 saturated carbocycles. The third kappa shape index (κ3) is 1.65. The van der Waals surface area contributed by atoms with E-state index in [1.54, 1.807) is 36.4 Å². The third-order valence-electron chi connectivity index (χ3n) is 3.75. The Labute approximate surface area is 125 Å². The first-order valence-electron chi connectivity index (χ1n) is 6.36. The summed E-state index contributed by atoms with van der Waals surface area (Å²) < 4.78 is 10.6. The first-order valence-corrected chi connectivity index (χ1v) is 6.74. The average Bonchev–Trinajstić information content (AvgIpc) is 3.03. The van der Waals surface area contributed by atoms with Gasteiger partial charge in [0.15, 0.2) is 17.1 Å². The number of hydrogen-bond acceptors (Lipinski definition) is 5. The number of ether oxygens (including phenoxy) is 2. The molecule has 2 aliphatic rings. The summed E-state index contributed by atoms with van der Waals surface area (Å²) >= 11 is 6.03. The predicted octanol–water partition coefficient (Wildman–Crippen LogP) is 2.31. The van der Waals surface area contributed by atoms with Crippen molar-refractivity contribution in [3.8, 4) is 11.5 Å². The summed E-state index contributed by atoms with van der Waals surface area (Å²) in [7, 11) is 0. The zero-order valence-corrected chi connectivity index (χ0v) is 11.6. The molecule has 0 spiro atoms. The molecule has 2 aromatic carbocycles. The number of benzene rings is 2. The molecular formula is C15H11ClN2O3. The number of fused-ring (bicyclic) bond motifs is 2. The van der Waals surface area contributed by atoms with Gasteiger partial charge in [-0.1, -0.05) is 17.7 Å². The van der Waals surface area contributed by atoms with Gasteiger partial charge in [-0.05, 0) is 35.9 Å². The highest BCUT2D eigenvalue weighted by Gasteiger charge is 2.43.